The van der Waals surface area contributed by atoms with Crippen LogP contribution in [0, 0.1) is 28.6 Å². The fraction of sp³-hybridized carbons (Fsp3) is 0.696. The minimum Gasteiger partial charge on any atom is -0.389 e. The van der Waals surface area contributed by atoms with Gasteiger partial charge in [-0.1, -0.05) is 25.0 Å². The summed E-state index contributed by atoms with van der Waals surface area (Å²) in [5.41, 5.74) is 3.48. The van der Waals surface area contributed by atoms with Crippen LogP contribution in [0.1, 0.15) is 71.6 Å². The van der Waals surface area contributed by atoms with Crippen molar-refractivity contribution in [1.29, 1.82) is 0 Å². The molecule has 27 heavy (non-hydrogen) atoms. The molecular formula is C23H28O4. The maximum Gasteiger partial charge on any atom is 0.342 e. The quantitative estimate of drug-likeness (QED) is 0.364. The molecule has 0 amide bonds. The van der Waals surface area contributed by atoms with Gasteiger partial charge in [0.2, 0.25) is 0 Å². The van der Waals surface area contributed by atoms with Crippen LogP contribution in [0.5, 0.6) is 0 Å². The van der Waals surface area contributed by atoms with Gasteiger partial charge < -0.3 is 4.74 Å². The van der Waals surface area contributed by atoms with E-state index < -0.39 is 11.9 Å². The summed E-state index contributed by atoms with van der Waals surface area (Å²) in [5, 5.41) is 0. The predicted molar refractivity (Wildman–Crippen MR) is 99.5 cm³/mol. The molecule has 3 saturated carbocycles. The summed E-state index contributed by atoms with van der Waals surface area (Å²) in [5.74, 6) is 1.40. The van der Waals surface area contributed by atoms with Crippen LogP contribution in [-0.2, 0) is 19.1 Å². The Morgan fingerprint density at radius 1 is 0.926 bits per heavy atom. The van der Waals surface area contributed by atoms with Crippen molar-refractivity contribution in [3.05, 3.63) is 22.8 Å². The first-order chi connectivity index (χ1) is 12.8. The highest BCUT2D eigenvalue weighted by Crippen LogP contribution is 2.67. The molecule has 144 valence electrons. The van der Waals surface area contributed by atoms with Gasteiger partial charge in [0.15, 0.2) is 5.78 Å². The van der Waals surface area contributed by atoms with Crippen LogP contribution in [0.3, 0.4) is 0 Å². The number of fused-ring (bicyclic) bond motifs is 5. The van der Waals surface area contributed by atoms with E-state index in [4.69, 9.17) is 4.74 Å². The number of hydrogen-bond donors (Lipinski definition) is 0. The molecule has 1 aliphatic heterocycles. The summed E-state index contributed by atoms with van der Waals surface area (Å²) < 4.78 is 4.84. The van der Waals surface area contributed by atoms with Crippen molar-refractivity contribution < 1.29 is 19.1 Å². The van der Waals surface area contributed by atoms with Gasteiger partial charge >= 0.3 is 11.9 Å². The standard InChI is InChI=1S/C23H28O4/c1-22-9-7-14(24)11-13(22)3-4-15-17-5-6-18(16-12-20(25)27-21(16)26)23(17,2)10-8-19(15)22/h11,15,17,19H,3-10,12H2,1-2H3/b18-16+/t15-,17-,19-,22-,23-/m0/s1. The average molecular weight is 368 g/mol. The van der Waals surface area contributed by atoms with Crippen molar-refractivity contribution in [2.45, 2.75) is 71.6 Å². The second kappa shape index (κ2) is 5.65. The van der Waals surface area contributed by atoms with Gasteiger partial charge in [-0.05, 0) is 79.6 Å². The Kier molecular flexibility index (Phi) is 3.64. The van der Waals surface area contributed by atoms with Gasteiger partial charge in [-0.2, -0.15) is 0 Å². The molecule has 4 aliphatic carbocycles. The Labute approximate surface area is 160 Å². The first kappa shape index (κ1) is 17.4. The normalized spacial score (nSPS) is 46.5. The molecule has 0 N–H and O–H groups in total. The van der Waals surface area contributed by atoms with Crippen molar-refractivity contribution in [1.82, 2.24) is 0 Å². The molecule has 0 spiro atoms. The van der Waals surface area contributed by atoms with Gasteiger partial charge in [0.1, 0.15) is 0 Å². The molecule has 5 atom stereocenters. The summed E-state index contributed by atoms with van der Waals surface area (Å²) in [6, 6.07) is 0. The molecule has 0 aromatic heterocycles. The molecule has 4 fully saturated rings. The lowest BCUT2D eigenvalue weighted by molar-refractivity contribution is -0.151. The Morgan fingerprint density at radius 3 is 2.44 bits per heavy atom. The van der Waals surface area contributed by atoms with E-state index in [0.29, 0.717) is 35.5 Å². The fourth-order valence-electron chi connectivity index (χ4n) is 7.52. The van der Waals surface area contributed by atoms with E-state index in [1.165, 1.54) is 11.1 Å². The Hall–Kier alpha value is -1.71. The number of cyclic esters (lactones) is 2. The van der Waals surface area contributed by atoms with Crippen LogP contribution in [0.25, 0.3) is 0 Å². The zero-order valence-electron chi connectivity index (χ0n) is 16.3. The highest BCUT2D eigenvalue weighted by atomic mass is 16.6. The van der Waals surface area contributed by atoms with Crippen molar-refractivity contribution in [3.63, 3.8) is 0 Å². The molecule has 0 unspecified atom stereocenters. The first-order valence-corrected chi connectivity index (χ1v) is 10.5. The summed E-state index contributed by atoms with van der Waals surface area (Å²) in [6.45, 7) is 4.73. The molecule has 0 radical (unpaired) electrons. The zero-order valence-corrected chi connectivity index (χ0v) is 16.3. The number of esters is 2. The van der Waals surface area contributed by atoms with Gasteiger partial charge in [0.05, 0.1) is 6.42 Å². The van der Waals surface area contributed by atoms with E-state index in [-0.39, 0.29) is 17.3 Å². The number of ether oxygens (including phenoxy) is 1. The van der Waals surface area contributed by atoms with Crippen molar-refractivity contribution >= 4 is 17.7 Å². The molecule has 1 heterocycles. The molecule has 1 saturated heterocycles. The van der Waals surface area contributed by atoms with Gasteiger partial charge in [-0.15, -0.1) is 0 Å². The molecule has 0 bridgehead atoms. The van der Waals surface area contributed by atoms with Crippen LogP contribution in [0.4, 0.5) is 0 Å². The number of allylic oxidation sites excluding steroid dienone is 2. The Balaban J connectivity index is 1.50. The molecular weight excluding hydrogens is 340 g/mol. The number of carbonyl (C=O) groups excluding carboxylic acids is 3. The second-order valence-electron chi connectivity index (χ2n) is 9.86. The van der Waals surface area contributed by atoms with Crippen LogP contribution in [0.15, 0.2) is 22.8 Å². The van der Waals surface area contributed by atoms with Crippen LogP contribution in [0.2, 0.25) is 0 Å². The minimum atomic E-state index is -0.398. The lowest BCUT2D eigenvalue weighted by atomic mass is 9.47. The van der Waals surface area contributed by atoms with E-state index in [9.17, 15) is 14.4 Å². The van der Waals surface area contributed by atoms with E-state index in [1.54, 1.807) is 0 Å². The van der Waals surface area contributed by atoms with Crippen LogP contribution in [-0.4, -0.2) is 17.7 Å². The number of carbonyl (C=O) groups is 3. The monoisotopic (exact) mass is 368 g/mol. The molecule has 0 aromatic carbocycles. The Bertz CT molecular complexity index is 818. The highest BCUT2D eigenvalue weighted by Gasteiger charge is 2.58. The van der Waals surface area contributed by atoms with E-state index in [0.717, 1.165) is 44.9 Å². The van der Waals surface area contributed by atoms with Crippen molar-refractivity contribution in [2.75, 3.05) is 0 Å². The molecule has 5 rings (SSSR count). The van der Waals surface area contributed by atoms with Gasteiger partial charge in [-0.25, -0.2) is 4.79 Å². The average Bonchev–Trinajstić information content (AvgIpc) is 3.13. The number of ketones is 1. The topological polar surface area (TPSA) is 60.4 Å². The molecule has 5 aliphatic rings. The van der Waals surface area contributed by atoms with Gasteiger partial charge in [0.25, 0.3) is 0 Å². The second-order valence-corrected chi connectivity index (χ2v) is 9.86. The third kappa shape index (κ3) is 2.31. The predicted octanol–water partition coefficient (Wildman–Crippen LogP) is 4.29. The first-order valence-electron chi connectivity index (χ1n) is 10.5. The number of hydrogen-bond acceptors (Lipinski definition) is 4. The van der Waals surface area contributed by atoms with Gasteiger partial charge in [-0.3, -0.25) is 9.59 Å². The number of rotatable bonds is 0. The van der Waals surface area contributed by atoms with Crippen molar-refractivity contribution in [3.8, 4) is 0 Å². The largest absolute Gasteiger partial charge is 0.389 e. The smallest absolute Gasteiger partial charge is 0.342 e. The van der Waals surface area contributed by atoms with Crippen molar-refractivity contribution in [2.24, 2.45) is 28.6 Å². The third-order valence-corrected chi connectivity index (χ3v) is 8.88. The summed E-state index contributed by atoms with van der Waals surface area (Å²) >= 11 is 0. The molecule has 4 nitrogen and oxygen atoms in total. The van der Waals surface area contributed by atoms with E-state index in [2.05, 4.69) is 13.8 Å². The fourth-order valence-corrected chi connectivity index (χ4v) is 7.52. The lowest BCUT2D eigenvalue weighted by Crippen LogP contribution is -2.49. The Morgan fingerprint density at radius 2 is 1.70 bits per heavy atom. The summed E-state index contributed by atoms with van der Waals surface area (Å²) in [4.78, 5) is 35.8. The van der Waals surface area contributed by atoms with E-state index >= 15 is 0 Å². The minimum absolute atomic E-state index is 0.0300. The molecule has 4 heteroatoms. The highest BCUT2D eigenvalue weighted by molar-refractivity contribution is 6.06. The summed E-state index contributed by atoms with van der Waals surface area (Å²) in [7, 11) is 0. The van der Waals surface area contributed by atoms with Gasteiger partial charge in [0, 0.05) is 12.0 Å². The van der Waals surface area contributed by atoms with Crippen LogP contribution >= 0.6 is 0 Å². The van der Waals surface area contributed by atoms with E-state index in [1.807, 2.05) is 6.08 Å². The zero-order chi connectivity index (χ0) is 19.0. The SMILES string of the molecule is C[C@]12CCC(=O)C=C1CC[C@@H]1[C@@H]2CC[C@]2(C)/C(=C3\CC(=O)OC3=O)CC[C@@H]12. The summed E-state index contributed by atoms with van der Waals surface area (Å²) in [6.07, 6.45) is 10.3. The van der Waals surface area contributed by atoms with Crippen LogP contribution < -0.4 is 0 Å². The maximum atomic E-state index is 12.2. The molecule has 0 aromatic rings. The lowest BCUT2D eigenvalue weighted by Gasteiger charge is -2.57. The maximum absolute atomic E-state index is 12.2. The third-order valence-electron chi connectivity index (χ3n) is 8.88.